The quantitative estimate of drug-likeness (QED) is 0.385. The van der Waals surface area contributed by atoms with Crippen LogP contribution in [0.3, 0.4) is 0 Å². The maximum atomic E-state index is 12.1. The molecule has 0 heterocycles. The van der Waals surface area contributed by atoms with Crippen LogP contribution in [0.25, 0.3) is 0 Å². The lowest BCUT2D eigenvalue weighted by Crippen LogP contribution is -2.36. The Bertz CT molecular complexity index is 753. The maximum absolute atomic E-state index is 12.1. The molecule has 0 atom stereocenters. The molecule has 2 aliphatic carbocycles. The second-order valence-corrected chi connectivity index (χ2v) is 8.76. The number of nitrogens with one attached hydrogen (secondary N) is 4. The molecule has 0 aromatic heterocycles. The Morgan fingerprint density at radius 3 is 1.62 bits per heavy atom. The van der Waals surface area contributed by atoms with Crippen LogP contribution in [0.15, 0.2) is 47.6 Å². The fraction of sp³-hybridized carbons (Fsp3) is 0.538. The van der Waals surface area contributed by atoms with E-state index in [9.17, 15) is 9.59 Å². The van der Waals surface area contributed by atoms with Gasteiger partial charge in [0.2, 0.25) is 0 Å². The molecule has 6 nitrogen and oxygen atoms in total. The van der Waals surface area contributed by atoms with Crippen molar-refractivity contribution in [2.24, 2.45) is 0 Å². The Balaban J connectivity index is 1.30. The topological polar surface area (TPSA) is 82.3 Å². The fourth-order valence-electron chi connectivity index (χ4n) is 4.28. The first-order valence-corrected chi connectivity index (χ1v) is 12.2. The van der Waals surface area contributed by atoms with Gasteiger partial charge in [0.05, 0.1) is 0 Å². The minimum atomic E-state index is -0.141. The Kier molecular flexibility index (Phi) is 10.2. The molecule has 6 heteroatoms. The summed E-state index contributed by atoms with van der Waals surface area (Å²) in [5.41, 5.74) is 4.96. The minimum Gasteiger partial charge on any atom is -0.338 e. The lowest BCUT2D eigenvalue weighted by molar-refractivity contribution is 0.240. The molecule has 0 unspecified atom stereocenters. The van der Waals surface area contributed by atoms with Gasteiger partial charge < -0.3 is 21.3 Å². The molecule has 4 N–H and O–H groups in total. The van der Waals surface area contributed by atoms with Crippen LogP contribution >= 0.6 is 0 Å². The molecule has 32 heavy (non-hydrogen) atoms. The Hall–Kier alpha value is -2.76. The number of carbonyl (C=O) groups is 2. The van der Waals surface area contributed by atoms with Gasteiger partial charge in [0.1, 0.15) is 0 Å². The molecule has 1 aromatic carbocycles. The van der Waals surface area contributed by atoms with E-state index in [1.54, 1.807) is 0 Å². The fourth-order valence-corrected chi connectivity index (χ4v) is 4.28. The molecule has 0 saturated carbocycles. The predicted molar refractivity (Wildman–Crippen MR) is 129 cm³/mol. The number of rotatable bonds is 10. The summed E-state index contributed by atoms with van der Waals surface area (Å²) in [6.45, 7) is 2.27. The van der Waals surface area contributed by atoms with Crippen molar-refractivity contribution in [1.29, 1.82) is 0 Å². The third-order valence-electron chi connectivity index (χ3n) is 6.13. The number of hydrogen-bond donors (Lipinski definition) is 4. The van der Waals surface area contributed by atoms with E-state index in [0.717, 1.165) is 24.0 Å². The predicted octanol–water partition coefficient (Wildman–Crippen LogP) is 5.07. The normalized spacial score (nSPS) is 15.9. The van der Waals surface area contributed by atoms with Gasteiger partial charge in [0.15, 0.2) is 0 Å². The summed E-state index contributed by atoms with van der Waals surface area (Å²) >= 11 is 0. The first-order valence-electron chi connectivity index (χ1n) is 12.2. The van der Waals surface area contributed by atoms with Gasteiger partial charge in [-0.3, -0.25) is 0 Å². The summed E-state index contributed by atoms with van der Waals surface area (Å²) in [6, 6.07) is 7.65. The summed E-state index contributed by atoms with van der Waals surface area (Å²) in [5.74, 6) is 0. The van der Waals surface area contributed by atoms with E-state index in [0.29, 0.717) is 26.2 Å². The Labute approximate surface area is 192 Å². The summed E-state index contributed by atoms with van der Waals surface area (Å²) in [5, 5.41) is 11.7. The highest BCUT2D eigenvalue weighted by Gasteiger charge is 2.07. The van der Waals surface area contributed by atoms with Crippen LogP contribution in [0.2, 0.25) is 0 Å². The molecule has 0 bridgehead atoms. The van der Waals surface area contributed by atoms with Gasteiger partial charge in [0.25, 0.3) is 0 Å². The number of allylic oxidation sites excluding steroid dienone is 2. The molecule has 2 aliphatic rings. The summed E-state index contributed by atoms with van der Waals surface area (Å²) in [6.07, 6.45) is 16.3. The first kappa shape index (κ1) is 23.9. The van der Waals surface area contributed by atoms with Gasteiger partial charge in [-0.1, -0.05) is 47.6 Å². The van der Waals surface area contributed by atoms with Gasteiger partial charge in [-0.2, -0.15) is 0 Å². The molecular weight excluding hydrogens is 400 g/mol. The minimum absolute atomic E-state index is 0.141. The summed E-state index contributed by atoms with van der Waals surface area (Å²) in [4.78, 5) is 24.1. The Morgan fingerprint density at radius 2 is 1.19 bits per heavy atom. The smallest absolute Gasteiger partial charge is 0.315 e. The van der Waals surface area contributed by atoms with Gasteiger partial charge in [-0.25, -0.2) is 9.59 Å². The average Bonchev–Trinajstić information content (AvgIpc) is 2.83. The number of benzene rings is 1. The van der Waals surface area contributed by atoms with E-state index in [4.69, 9.17) is 0 Å². The van der Waals surface area contributed by atoms with Crippen molar-refractivity contribution in [3.8, 4) is 0 Å². The summed E-state index contributed by atoms with van der Waals surface area (Å²) < 4.78 is 0. The molecule has 3 rings (SSSR count). The molecule has 4 amide bonds. The molecule has 174 valence electrons. The van der Waals surface area contributed by atoms with Crippen molar-refractivity contribution in [1.82, 2.24) is 21.3 Å². The highest BCUT2D eigenvalue weighted by Crippen LogP contribution is 2.20. The zero-order valence-electron chi connectivity index (χ0n) is 19.2. The molecule has 0 aliphatic heterocycles. The van der Waals surface area contributed by atoms with E-state index in [2.05, 4.69) is 33.4 Å². The van der Waals surface area contributed by atoms with Crippen LogP contribution in [-0.2, 0) is 13.1 Å². The molecule has 1 aromatic rings. The Morgan fingerprint density at radius 1 is 0.688 bits per heavy atom. The zero-order valence-corrected chi connectivity index (χ0v) is 19.2. The van der Waals surface area contributed by atoms with Crippen LogP contribution in [-0.4, -0.2) is 25.2 Å². The lowest BCUT2D eigenvalue weighted by Gasteiger charge is -2.14. The van der Waals surface area contributed by atoms with E-state index in [1.807, 2.05) is 24.3 Å². The average molecular weight is 439 g/mol. The van der Waals surface area contributed by atoms with Crippen LogP contribution in [0, 0.1) is 0 Å². The van der Waals surface area contributed by atoms with Crippen LogP contribution in [0.5, 0.6) is 0 Å². The molecule has 0 radical (unpaired) electrons. The molecule has 0 fully saturated rings. The van der Waals surface area contributed by atoms with Crippen LogP contribution in [0.1, 0.15) is 75.3 Å². The van der Waals surface area contributed by atoms with Crippen molar-refractivity contribution < 1.29 is 9.59 Å². The van der Waals surface area contributed by atoms with Crippen molar-refractivity contribution in [2.45, 2.75) is 77.3 Å². The standard InChI is InChI=1S/C26H38N4O2/c31-25(27-16-14-21-8-3-1-4-9-21)29-19-23-12-7-13-24(18-23)20-30-26(32)28-17-15-22-10-5-2-6-11-22/h7-8,10,12-13,18H,1-6,9,11,14-17,19-20H2,(H2,27,29,31)(H2,28,30,32). The molecular formula is C26H38N4O2. The number of carbonyl (C=O) groups excluding carboxylic acids is 2. The number of hydrogen-bond acceptors (Lipinski definition) is 2. The lowest BCUT2D eigenvalue weighted by atomic mass is 9.97. The van der Waals surface area contributed by atoms with Crippen molar-refractivity contribution in [2.75, 3.05) is 13.1 Å². The van der Waals surface area contributed by atoms with Gasteiger partial charge in [0, 0.05) is 26.2 Å². The maximum Gasteiger partial charge on any atom is 0.315 e. The highest BCUT2D eigenvalue weighted by molar-refractivity contribution is 5.74. The van der Waals surface area contributed by atoms with Crippen LogP contribution in [0.4, 0.5) is 9.59 Å². The number of urea groups is 2. The van der Waals surface area contributed by atoms with Crippen molar-refractivity contribution in [3.05, 3.63) is 58.7 Å². The SMILES string of the molecule is O=C(NCCC1=CCCCC1)NCc1cccc(CNC(=O)NCCC2=CCCCC2)c1. The van der Waals surface area contributed by atoms with E-state index in [-0.39, 0.29) is 12.1 Å². The second kappa shape index (κ2) is 13.6. The van der Waals surface area contributed by atoms with Crippen LogP contribution < -0.4 is 21.3 Å². The largest absolute Gasteiger partial charge is 0.338 e. The van der Waals surface area contributed by atoms with E-state index in [1.165, 1.54) is 62.5 Å². The monoisotopic (exact) mass is 438 g/mol. The van der Waals surface area contributed by atoms with Crippen molar-refractivity contribution in [3.63, 3.8) is 0 Å². The van der Waals surface area contributed by atoms with Gasteiger partial charge in [-0.05, 0) is 75.3 Å². The van der Waals surface area contributed by atoms with E-state index < -0.39 is 0 Å². The van der Waals surface area contributed by atoms with Gasteiger partial charge >= 0.3 is 12.1 Å². The second-order valence-electron chi connectivity index (χ2n) is 8.76. The first-order chi connectivity index (χ1) is 15.7. The highest BCUT2D eigenvalue weighted by atomic mass is 16.2. The van der Waals surface area contributed by atoms with Crippen molar-refractivity contribution >= 4 is 12.1 Å². The van der Waals surface area contributed by atoms with E-state index >= 15 is 0 Å². The summed E-state index contributed by atoms with van der Waals surface area (Å²) in [7, 11) is 0. The van der Waals surface area contributed by atoms with Gasteiger partial charge in [-0.15, -0.1) is 0 Å². The zero-order chi connectivity index (χ0) is 22.4. The molecule has 0 spiro atoms. The third-order valence-corrected chi connectivity index (χ3v) is 6.13. The number of amides is 4. The third kappa shape index (κ3) is 9.16. The molecule has 0 saturated heterocycles.